The van der Waals surface area contributed by atoms with Gasteiger partial charge in [-0.05, 0) is 88.8 Å². The van der Waals surface area contributed by atoms with Gasteiger partial charge in [0.05, 0.1) is 18.8 Å². The lowest BCUT2D eigenvalue weighted by atomic mass is 9.93. The third-order valence-electron chi connectivity index (χ3n) is 8.70. The fourth-order valence-corrected chi connectivity index (χ4v) is 6.75. The van der Waals surface area contributed by atoms with Crippen LogP contribution in [-0.4, -0.2) is 59.4 Å². The van der Waals surface area contributed by atoms with Crippen molar-refractivity contribution in [2.24, 2.45) is 11.3 Å². The Kier molecular flexibility index (Phi) is 7.15. The van der Waals surface area contributed by atoms with Crippen molar-refractivity contribution in [2.45, 2.75) is 76.8 Å². The molecule has 2 fully saturated rings. The van der Waals surface area contributed by atoms with Gasteiger partial charge in [0.2, 0.25) is 11.8 Å². The zero-order valence-electron chi connectivity index (χ0n) is 24.6. The number of anilines is 1. The third kappa shape index (κ3) is 5.81. The van der Waals surface area contributed by atoms with Crippen LogP contribution < -0.4 is 19.1 Å². The van der Waals surface area contributed by atoms with Gasteiger partial charge < -0.3 is 14.4 Å². The van der Waals surface area contributed by atoms with E-state index in [4.69, 9.17) is 14.5 Å². The summed E-state index contributed by atoms with van der Waals surface area (Å²) < 4.78 is 42.1. The smallest absolute Gasteiger partial charge is 0.281 e. The highest BCUT2D eigenvalue weighted by atomic mass is 32.2. The van der Waals surface area contributed by atoms with Crippen LogP contribution in [0.4, 0.5) is 5.82 Å². The number of aryl methyl sites for hydroxylation is 1. The number of nitrogens with zero attached hydrogens (tertiary/aromatic N) is 5. The number of carbonyl (C=O) groups is 1. The van der Waals surface area contributed by atoms with Gasteiger partial charge in [-0.3, -0.25) is 4.79 Å². The Morgan fingerprint density at radius 1 is 1.12 bits per heavy atom. The molecule has 4 bridgehead atoms. The molecule has 224 valence electrons. The number of rotatable bonds is 5. The summed E-state index contributed by atoms with van der Waals surface area (Å²) in [4.78, 5) is 24.8. The van der Waals surface area contributed by atoms with Crippen molar-refractivity contribution < 1.29 is 22.7 Å². The first kappa shape index (κ1) is 28.4. The highest BCUT2D eigenvalue weighted by Gasteiger charge is 2.41. The summed E-state index contributed by atoms with van der Waals surface area (Å²) >= 11 is 0. The van der Waals surface area contributed by atoms with Gasteiger partial charge in [-0.15, -0.1) is 5.10 Å². The minimum Gasteiger partial charge on any atom is -0.477 e. The molecular formula is C30H38N6O5S. The van der Waals surface area contributed by atoms with Crippen molar-refractivity contribution in [1.82, 2.24) is 24.5 Å². The lowest BCUT2D eigenvalue weighted by molar-refractivity contribution is 0.0981. The Balaban J connectivity index is 1.35. The molecular weight excluding hydrogens is 556 g/mol. The number of pyridine rings is 2. The first-order valence-corrected chi connectivity index (χ1v) is 16.1. The van der Waals surface area contributed by atoms with Crippen LogP contribution in [0, 0.1) is 18.3 Å². The summed E-state index contributed by atoms with van der Waals surface area (Å²) in [5.74, 6) is 1.25. The number of aromatic nitrogens is 4. The average Bonchev–Trinajstić information content (AvgIpc) is 3.34. The van der Waals surface area contributed by atoms with Gasteiger partial charge >= 0.3 is 0 Å². The van der Waals surface area contributed by atoms with Crippen LogP contribution in [0.25, 0.3) is 5.82 Å². The lowest BCUT2D eigenvalue weighted by Gasteiger charge is -2.34. The molecule has 1 saturated heterocycles. The Labute approximate surface area is 246 Å². The van der Waals surface area contributed by atoms with Crippen LogP contribution in [0.2, 0.25) is 0 Å². The van der Waals surface area contributed by atoms with Crippen molar-refractivity contribution in [3.8, 4) is 17.6 Å². The monoisotopic (exact) mass is 594 g/mol. The summed E-state index contributed by atoms with van der Waals surface area (Å²) in [7, 11) is -4.28. The number of carbonyl (C=O) groups excluding carboxylic acids is 1. The van der Waals surface area contributed by atoms with Crippen molar-refractivity contribution in [2.75, 3.05) is 24.7 Å². The molecule has 6 rings (SSSR count). The van der Waals surface area contributed by atoms with Crippen LogP contribution in [0.1, 0.15) is 75.2 Å². The molecule has 11 nitrogen and oxygen atoms in total. The number of nitrogens with one attached hydrogen (secondary N) is 1. The molecule has 12 heteroatoms. The average molecular weight is 595 g/mol. The molecule has 1 aliphatic carbocycles. The van der Waals surface area contributed by atoms with Gasteiger partial charge in [0.25, 0.3) is 15.9 Å². The second kappa shape index (κ2) is 10.6. The molecule has 0 radical (unpaired) electrons. The molecule has 3 aromatic rings. The molecule has 3 aromatic heterocycles. The maximum Gasteiger partial charge on any atom is 0.281 e. The fourth-order valence-electron chi connectivity index (χ4n) is 5.84. The van der Waals surface area contributed by atoms with Crippen molar-refractivity contribution in [3.63, 3.8) is 0 Å². The SMILES string of the molecule is Cc1ccc2nc1OCCC[C@@H]1CN(c3nc(-n4ccc(OCCC5(C)CC5)n4)ccc3C(=O)NS2(=O)=O)C(C)(C)C1. The van der Waals surface area contributed by atoms with E-state index in [9.17, 15) is 13.2 Å². The fraction of sp³-hybridized carbons (Fsp3) is 0.533. The highest BCUT2D eigenvalue weighted by molar-refractivity contribution is 7.90. The second-order valence-electron chi connectivity index (χ2n) is 12.7. The summed E-state index contributed by atoms with van der Waals surface area (Å²) in [6, 6.07) is 8.07. The maximum absolute atomic E-state index is 13.6. The summed E-state index contributed by atoms with van der Waals surface area (Å²) in [6.45, 7) is 10.0. The highest BCUT2D eigenvalue weighted by Crippen LogP contribution is 2.48. The number of hydrogen-bond donors (Lipinski definition) is 1. The minimum absolute atomic E-state index is 0.163. The van der Waals surface area contributed by atoms with Crippen molar-refractivity contribution >= 4 is 21.7 Å². The molecule has 0 unspecified atom stereocenters. The summed E-state index contributed by atoms with van der Waals surface area (Å²) in [5.41, 5.74) is 0.966. The van der Waals surface area contributed by atoms with Gasteiger partial charge in [-0.25, -0.2) is 14.4 Å². The van der Waals surface area contributed by atoms with E-state index in [0.717, 1.165) is 31.2 Å². The summed E-state index contributed by atoms with van der Waals surface area (Å²) in [6.07, 6.45) is 7.84. The zero-order valence-corrected chi connectivity index (χ0v) is 25.4. The van der Waals surface area contributed by atoms with E-state index >= 15 is 0 Å². The van der Waals surface area contributed by atoms with Gasteiger partial charge in [-0.1, -0.05) is 13.0 Å². The molecule has 2 aliphatic heterocycles. The number of sulfonamides is 1. The summed E-state index contributed by atoms with van der Waals surface area (Å²) in [5, 5.41) is 4.28. The minimum atomic E-state index is -4.28. The molecule has 42 heavy (non-hydrogen) atoms. The Morgan fingerprint density at radius 3 is 2.71 bits per heavy atom. The van der Waals surface area contributed by atoms with E-state index in [-0.39, 0.29) is 22.0 Å². The number of amides is 1. The Bertz CT molecular complexity index is 1610. The van der Waals surface area contributed by atoms with Crippen LogP contribution in [0.15, 0.2) is 41.6 Å². The lowest BCUT2D eigenvalue weighted by Crippen LogP contribution is -2.41. The van der Waals surface area contributed by atoms with E-state index in [1.54, 1.807) is 35.1 Å². The molecule has 0 spiro atoms. The molecule has 0 aromatic carbocycles. The number of fused-ring (bicyclic) bond motifs is 6. The van der Waals surface area contributed by atoms with Crippen LogP contribution >= 0.6 is 0 Å². The van der Waals surface area contributed by atoms with E-state index in [1.807, 2.05) is 6.92 Å². The molecule has 3 aliphatic rings. The van der Waals surface area contributed by atoms with Crippen LogP contribution in [-0.2, 0) is 10.0 Å². The first-order valence-electron chi connectivity index (χ1n) is 14.6. The van der Waals surface area contributed by atoms with Gasteiger partial charge in [-0.2, -0.15) is 13.4 Å². The molecule has 1 atom stereocenters. The van der Waals surface area contributed by atoms with E-state index in [0.29, 0.717) is 48.6 Å². The van der Waals surface area contributed by atoms with Crippen molar-refractivity contribution in [1.29, 1.82) is 0 Å². The van der Waals surface area contributed by atoms with E-state index < -0.39 is 15.9 Å². The van der Waals surface area contributed by atoms with E-state index in [1.165, 1.54) is 18.9 Å². The predicted octanol–water partition coefficient (Wildman–Crippen LogP) is 4.44. The normalized spacial score (nSPS) is 22.2. The number of ether oxygens (including phenoxy) is 2. The molecule has 5 heterocycles. The number of hydrogen-bond acceptors (Lipinski definition) is 9. The topological polar surface area (TPSA) is 129 Å². The Morgan fingerprint density at radius 2 is 1.93 bits per heavy atom. The maximum atomic E-state index is 13.6. The van der Waals surface area contributed by atoms with Crippen LogP contribution in [0.5, 0.6) is 11.8 Å². The van der Waals surface area contributed by atoms with Crippen molar-refractivity contribution in [3.05, 3.63) is 47.7 Å². The Hall–Kier alpha value is -3.67. The second-order valence-corrected chi connectivity index (χ2v) is 14.4. The van der Waals surface area contributed by atoms with E-state index in [2.05, 4.69) is 40.5 Å². The van der Waals surface area contributed by atoms with Crippen LogP contribution in [0.3, 0.4) is 0 Å². The molecule has 1 amide bonds. The quantitative estimate of drug-likeness (QED) is 0.456. The standard InChI is InChI=1S/C30H38N6O5S/c1-20-7-10-25-32-28(20)41-16-5-6-21-18-29(2,3)35(19-21)26-22(27(37)34-42(25,38)39)8-9-23(31-26)36-15-11-24(33-36)40-17-14-30(4)12-13-30/h7-11,15,21H,5-6,12-14,16-19H2,1-4H3,(H,34,37)/t21-/m0/s1. The zero-order chi connectivity index (χ0) is 29.7. The van der Waals surface area contributed by atoms with Gasteiger partial charge in [0, 0.05) is 29.9 Å². The predicted molar refractivity (Wildman–Crippen MR) is 157 cm³/mol. The third-order valence-corrected chi connectivity index (χ3v) is 9.93. The van der Waals surface area contributed by atoms with Gasteiger partial charge in [0.1, 0.15) is 5.82 Å². The first-order chi connectivity index (χ1) is 19.9. The largest absolute Gasteiger partial charge is 0.477 e. The molecule has 1 saturated carbocycles. The molecule has 1 N–H and O–H groups in total. The van der Waals surface area contributed by atoms with Gasteiger partial charge in [0.15, 0.2) is 10.8 Å².